The van der Waals surface area contributed by atoms with Crippen LogP contribution in [-0.4, -0.2) is 8.42 Å². The van der Waals surface area contributed by atoms with Crippen molar-refractivity contribution in [2.45, 2.75) is 6.54 Å². The molecule has 1 heterocycles. The molecule has 0 radical (unpaired) electrons. The number of primary sulfonamides is 1. The first kappa shape index (κ1) is 9.23. The third kappa shape index (κ3) is 1.51. The molecule has 1 aromatic carbocycles. The summed E-state index contributed by atoms with van der Waals surface area (Å²) in [7, 11) is -3.64. The second kappa shape index (κ2) is 3.11. The van der Waals surface area contributed by atoms with E-state index in [0.29, 0.717) is 12.1 Å². The van der Waals surface area contributed by atoms with Gasteiger partial charge in [0.25, 0.3) is 0 Å². The lowest BCUT2D eigenvalue weighted by molar-refractivity contribution is 0.607. The van der Waals surface area contributed by atoms with Crippen LogP contribution >= 0.6 is 0 Å². The van der Waals surface area contributed by atoms with Crippen LogP contribution in [-0.2, 0) is 16.6 Å². The zero-order chi connectivity index (χ0) is 10.2. The van der Waals surface area contributed by atoms with Crippen LogP contribution in [0.3, 0.4) is 0 Å². The van der Waals surface area contributed by atoms with Crippen LogP contribution in [0.25, 0.3) is 4.91 Å². The molecule has 1 aliphatic rings. The second-order valence-corrected chi connectivity index (χ2v) is 4.62. The summed E-state index contributed by atoms with van der Waals surface area (Å²) >= 11 is 0. The Bertz CT molecular complexity index is 491. The van der Waals surface area contributed by atoms with E-state index in [1.54, 1.807) is 12.1 Å². The molecule has 0 aromatic heterocycles. The molecule has 0 unspecified atom stereocenters. The third-order valence-electron chi connectivity index (χ3n) is 2.12. The predicted octanol–water partition coefficient (Wildman–Crippen LogP) is 0.377. The van der Waals surface area contributed by atoms with Gasteiger partial charge in [0.1, 0.15) is 4.91 Å². The van der Waals surface area contributed by atoms with E-state index in [1.165, 1.54) is 6.20 Å². The van der Waals surface area contributed by atoms with Gasteiger partial charge in [0, 0.05) is 18.3 Å². The Morgan fingerprint density at radius 3 is 2.71 bits per heavy atom. The fourth-order valence-electron chi connectivity index (χ4n) is 1.48. The van der Waals surface area contributed by atoms with Crippen LogP contribution < -0.4 is 10.5 Å². The molecule has 0 spiro atoms. The molecule has 0 atom stereocenters. The topological polar surface area (TPSA) is 72.2 Å². The van der Waals surface area contributed by atoms with Crippen LogP contribution in [0, 0.1) is 0 Å². The molecule has 3 N–H and O–H groups in total. The first-order valence-electron chi connectivity index (χ1n) is 4.13. The maximum absolute atomic E-state index is 11.2. The smallest absolute Gasteiger partial charge is 0.240 e. The number of nitrogens with two attached hydrogens (primary N) is 1. The van der Waals surface area contributed by atoms with E-state index in [0.717, 1.165) is 5.56 Å². The Morgan fingerprint density at radius 2 is 2.00 bits per heavy atom. The van der Waals surface area contributed by atoms with Gasteiger partial charge in [0.2, 0.25) is 10.0 Å². The summed E-state index contributed by atoms with van der Waals surface area (Å²) in [4.78, 5) is 0.152. The molecule has 14 heavy (non-hydrogen) atoms. The largest absolute Gasteiger partial charge is 0.386 e. The van der Waals surface area contributed by atoms with E-state index < -0.39 is 10.0 Å². The summed E-state index contributed by atoms with van der Waals surface area (Å²) in [5.74, 6) is 0. The Balaban J connectivity index is 2.62. The Morgan fingerprint density at radius 1 is 1.29 bits per heavy atom. The number of benzene rings is 1. The van der Waals surface area contributed by atoms with E-state index in [9.17, 15) is 8.42 Å². The summed E-state index contributed by atoms with van der Waals surface area (Å²) in [6, 6.07) is 7.29. The maximum Gasteiger partial charge on any atom is 0.240 e. The fraction of sp³-hybridized carbons (Fsp3) is 0.111. The lowest BCUT2D eigenvalue weighted by Crippen LogP contribution is -2.22. The number of sulfonamides is 1. The molecule has 0 saturated heterocycles. The summed E-state index contributed by atoms with van der Waals surface area (Å²) < 4.78 is 22.4. The molecule has 4 nitrogen and oxygen atoms in total. The molecule has 0 saturated carbocycles. The quantitative estimate of drug-likeness (QED) is 0.703. The summed E-state index contributed by atoms with van der Waals surface area (Å²) in [6.45, 7) is 0.634. The van der Waals surface area contributed by atoms with Crippen molar-refractivity contribution in [1.29, 1.82) is 0 Å². The minimum atomic E-state index is -3.64. The van der Waals surface area contributed by atoms with Crippen LogP contribution in [0.2, 0.25) is 0 Å². The normalized spacial score (nSPS) is 15.4. The predicted molar refractivity (Wildman–Crippen MR) is 54.4 cm³/mol. The minimum absolute atomic E-state index is 0.152. The molecule has 0 fully saturated rings. The number of hydrogen-bond acceptors (Lipinski definition) is 3. The van der Waals surface area contributed by atoms with Gasteiger partial charge in [0.05, 0.1) is 0 Å². The SMILES string of the molecule is NS(=O)(=O)C1=CNCc2ccccc21. The van der Waals surface area contributed by atoms with Crippen molar-refractivity contribution in [2.75, 3.05) is 0 Å². The lowest BCUT2D eigenvalue weighted by Gasteiger charge is -2.16. The van der Waals surface area contributed by atoms with Gasteiger partial charge >= 0.3 is 0 Å². The van der Waals surface area contributed by atoms with Crippen molar-refractivity contribution in [3.05, 3.63) is 41.6 Å². The molecule has 1 aromatic rings. The van der Waals surface area contributed by atoms with Crippen molar-refractivity contribution in [3.8, 4) is 0 Å². The first-order valence-corrected chi connectivity index (χ1v) is 5.68. The van der Waals surface area contributed by atoms with Crippen LogP contribution in [0.5, 0.6) is 0 Å². The molecule has 0 amide bonds. The minimum Gasteiger partial charge on any atom is -0.386 e. The number of hydrogen-bond donors (Lipinski definition) is 2. The van der Waals surface area contributed by atoms with Gasteiger partial charge in [0.15, 0.2) is 0 Å². The maximum atomic E-state index is 11.2. The molecule has 74 valence electrons. The molecule has 2 rings (SSSR count). The van der Waals surface area contributed by atoms with Crippen molar-refractivity contribution < 1.29 is 8.42 Å². The van der Waals surface area contributed by atoms with Crippen molar-refractivity contribution >= 4 is 14.9 Å². The van der Waals surface area contributed by atoms with Crippen LogP contribution in [0.4, 0.5) is 0 Å². The van der Waals surface area contributed by atoms with Crippen molar-refractivity contribution in [3.63, 3.8) is 0 Å². The first-order chi connectivity index (χ1) is 6.59. The van der Waals surface area contributed by atoms with E-state index in [4.69, 9.17) is 5.14 Å². The van der Waals surface area contributed by atoms with E-state index in [1.807, 2.05) is 12.1 Å². The average molecular weight is 210 g/mol. The standard InChI is InChI=1S/C9H10N2O2S/c10-14(12,13)9-6-11-5-7-3-1-2-4-8(7)9/h1-4,6,11H,5H2,(H2,10,12,13). The number of nitrogens with one attached hydrogen (secondary N) is 1. The molecular formula is C9H10N2O2S. The second-order valence-electron chi connectivity index (χ2n) is 3.09. The highest BCUT2D eigenvalue weighted by molar-refractivity contribution is 7.98. The van der Waals surface area contributed by atoms with Crippen molar-refractivity contribution in [2.24, 2.45) is 5.14 Å². The van der Waals surface area contributed by atoms with E-state index >= 15 is 0 Å². The zero-order valence-corrected chi connectivity index (χ0v) is 8.21. The molecular weight excluding hydrogens is 200 g/mol. The van der Waals surface area contributed by atoms with Gasteiger partial charge in [-0.3, -0.25) is 0 Å². The van der Waals surface area contributed by atoms with Crippen molar-refractivity contribution in [1.82, 2.24) is 5.32 Å². The number of rotatable bonds is 1. The monoisotopic (exact) mass is 210 g/mol. The lowest BCUT2D eigenvalue weighted by atomic mass is 10.1. The summed E-state index contributed by atoms with van der Waals surface area (Å²) in [6.07, 6.45) is 1.44. The highest BCUT2D eigenvalue weighted by atomic mass is 32.2. The Labute approximate surface area is 82.5 Å². The highest BCUT2D eigenvalue weighted by Gasteiger charge is 2.19. The van der Waals surface area contributed by atoms with Gasteiger partial charge in [-0.1, -0.05) is 24.3 Å². The highest BCUT2D eigenvalue weighted by Crippen LogP contribution is 2.24. The summed E-state index contributed by atoms with van der Waals surface area (Å²) in [5, 5.41) is 7.97. The van der Waals surface area contributed by atoms with Gasteiger partial charge in [-0.05, 0) is 5.56 Å². The third-order valence-corrected chi connectivity index (χ3v) is 3.07. The fourth-order valence-corrected chi connectivity index (χ4v) is 2.23. The average Bonchev–Trinajstić information content (AvgIpc) is 2.15. The molecule has 0 aliphatic carbocycles. The molecule has 5 heteroatoms. The summed E-state index contributed by atoms with van der Waals surface area (Å²) in [5.41, 5.74) is 1.63. The van der Waals surface area contributed by atoms with Crippen LogP contribution in [0.1, 0.15) is 11.1 Å². The number of fused-ring (bicyclic) bond motifs is 1. The van der Waals surface area contributed by atoms with Crippen LogP contribution in [0.15, 0.2) is 30.5 Å². The van der Waals surface area contributed by atoms with Gasteiger partial charge in [-0.15, -0.1) is 0 Å². The van der Waals surface area contributed by atoms with E-state index in [-0.39, 0.29) is 4.91 Å². The molecule has 1 aliphatic heterocycles. The van der Waals surface area contributed by atoms with Gasteiger partial charge < -0.3 is 5.32 Å². The Kier molecular flexibility index (Phi) is 2.05. The zero-order valence-electron chi connectivity index (χ0n) is 7.40. The van der Waals surface area contributed by atoms with E-state index in [2.05, 4.69) is 5.32 Å². The van der Waals surface area contributed by atoms with Gasteiger partial charge in [-0.2, -0.15) is 0 Å². The molecule has 0 bridgehead atoms. The van der Waals surface area contributed by atoms with Gasteiger partial charge in [-0.25, -0.2) is 13.6 Å². The Hall–Kier alpha value is -1.33.